The van der Waals surface area contributed by atoms with Crippen molar-refractivity contribution in [3.8, 4) is 0 Å². The van der Waals surface area contributed by atoms with Crippen LogP contribution in [0.1, 0.15) is 36.1 Å². The van der Waals surface area contributed by atoms with Crippen LogP contribution in [0.25, 0.3) is 0 Å². The van der Waals surface area contributed by atoms with E-state index in [4.69, 9.17) is 0 Å². The van der Waals surface area contributed by atoms with Gasteiger partial charge in [0.05, 0.1) is 0 Å². The van der Waals surface area contributed by atoms with Gasteiger partial charge in [-0.25, -0.2) is 0 Å². The number of nitrogens with one attached hydrogen (secondary N) is 1. The summed E-state index contributed by atoms with van der Waals surface area (Å²) in [7, 11) is 0. The maximum atomic E-state index is 4.29. The van der Waals surface area contributed by atoms with Crippen LogP contribution in [0.2, 0.25) is 0 Å². The summed E-state index contributed by atoms with van der Waals surface area (Å²) in [4.78, 5) is 8.35. The summed E-state index contributed by atoms with van der Waals surface area (Å²) in [5, 5.41) is 3.54. The van der Waals surface area contributed by atoms with Crippen molar-refractivity contribution in [1.29, 1.82) is 0 Å². The molecule has 0 aliphatic heterocycles. The van der Waals surface area contributed by atoms with Gasteiger partial charge in [-0.2, -0.15) is 0 Å². The van der Waals surface area contributed by atoms with Crippen LogP contribution in [0.15, 0.2) is 43.0 Å². The lowest BCUT2D eigenvalue weighted by atomic mass is 10.00. The summed E-state index contributed by atoms with van der Waals surface area (Å²) in [5.41, 5.74) is 3.82. The van der Waals surface area contributed by atoms with Crippen LogP contribution >= 0.6 is 0 Å². The fraction of sp³-hybridized carbons (Fsp3) is 0.375. The molecule has 0 spiro atoms. The summed E-state index contributed by atoms with van der Waals surface area (Å²) in [6.07, 6.45) is 9.69. The molecule has 1 N–H and O–H groups in total. The van der Waals surface area contributed by atoms with Crippen molar-refractivity contribution in [2.24, 2.45) is 0 Å². The minimum Gasteiger partial charge on any atom is -0.310 e. The van der Waals surface area contributed by atoms with Gasteiger partial charge >= 0.3 is 0 Å². The molecular weight excluding hydrogens is 234 g/mol. The molecule has 19 heavy (non-hydrogen) atoms. The van der Waals surface area contributed by atoms with E-state index >= 15 is 0 Å². The first-order valence-corrected chi connectivity index (χ1v) is 6.83. The minimum absolute atomic E-state index is 0.366. The van der Waals surface area contributed by atoms with Crippen molar-refractivity contribution in [2.75, 3.05) is 6.54 Å². The van der Waals surface area contributed by atoms with Gasteiger partial charge < -0.3 is 5.32 Å². The highest BCUT2D eigenvalue weighted by atomic mass is 14.9. The summed E-state index contributed by atoms with van der Waals surface area (Å²) < 4.78 is 0. The van der Waals surface area contributed by atoms with E-state index in [-0.39, 0.29) is 0 Å². The zero-order valence-electron chi connectivity index (χ0n) is 11.6. The third-order valence-electron chi connectivity index (χ3n) is 3.22. The van der Waals surface area contributed by atoms with Crippen LogP contribution in [0, 0.1) is 6.92 Å². The van der Waals surface area contributed by atoms with Crippen molar-refractivity contribution < 1.29 is 0 Å². The van der Waals surface area contributed by atoms with Gasteiger partial charge in [0.2, 0.25) is 0 Å². The predicted octanol–water partition coefficient (Wildman–Crippen LogP) is 3.07. The Balaban J connectivity index is 2.04. The van der Waals surface area contributed by atoms with Crippen LogP contribution in [-0.4, -0.2) is 16.5 Å². The molecule has 2 aromatic rings. The standard InChI is InChI=1S/C16H21N3/c1-3-19-16(15-10-13(2)11-18-12-15)5-4-14-6-8-17-9-7-14/h6-12,16,19H,3-5H2,1-2H3. The molecule has 0 aliphatic carbocycles. The number of hydrogen-bond donors (Lipinski definition) is 1. The summed E-state index contributed by atoms with van der Waals surface area (Å²) >= 11 is 0. The number of nitrogens with zero attached hydrogens (tertiary/aromatic N) is 2. The lowest BCUT2D eigenvalue weighted by Gasteiger charge is -2.18. The van der Waals surface area contributed by atoms with Crippen LogP contribution in [0.3, 0.4) is 0 Å². The Kier molecular flexibility index (Phi) is 5.04. The zero-order chi connectivity index (χ0) is 13.5. The molecule has 2 heterocycles. The van der Waals surface area contributed by atoms with Crippen molar-refractivity contribution in [2.45, 2.75) is 32.7 Å². The van der Waals surface area contributed by atoms with Gasteiger partial charge in [-0.05, 0) is 55.1 Å². The maximum Gasteiger partial charge on any atom is 0.0338 e. The monoisotopic (exact) mass is 255 g/mol. The molecule has 1 atom stereocenters. The molecule has 2 aromatic heterocycles. The van der Waals surface area contributed by atoms with Gasteiger partial charge in [-0.1, -0.05) is 13.0 Å². The van der Waals surface area contributed by atoms with E-state index < -0.39 is 0 Å². The normalized spacial score (nSPS) is 12.3. The quantitative estimate of drug-likeness (QED) is 0.862. The first kappa shape index (κ1) is 13.7. The Morgan fingerprint density at radius 3 is 2.63 bits per heavy atom. The van der Waals surface area contributed by atoms with E-state index in [2.05, 4.69) is 47.3 Å². The van der Waals surface area contributed by atoms with Crippen LogP contribution in [-0.2, 0) is 6.42 Å². The second-order valence-electron chi connectivity index (χ2n) is 4.80. The average Bonchev–Trinajstić information content (AvgIpc) is 2.44. The number of rotatable bonds is 6. The number of aryl methyl sites for hydroxylation is 2. The Bertz CT molecular complexity index is 496. The Labute approximate surface area is 115 Å². The molecule has 0 aromatic carbocycles. The molecule has 3 heteroatoms. The summed E-state index contributed by atoms with van der Waals surface area (Å²) in [5.74, 6) is 0. The molecule has 0 saturated heterocycles. The molecule has 1 unspecified atom stereocenters. The number of hydrogen-bond acceptors (Lipinski definition) is 3. The first-order chi connectivity index (χ1) is 9.29. The van der Waals surface area contributed by atoms with E-state index in [1.165, 1.54) is 16.7 Å². The second kappa shape index (κ2) is 7.00. The molecule has 0 amide bonds. The van der Waals surface area contributed by atoms with Crippen molar-refractivity contribution in [3.63, 3.8) is 0 Å². The molecule has 0 saturated carbocycles. The third kappa shape index (κ3) is 4.14. The Hall–Kier alpha value is -1.74. The van der Waals surface area contributed by atoms with Gasteiger partial charge in [-0.3, -0.25) is 9.97 Å². The van der Waals surface area contributed by atoms with E-state index in [1.54, 1.807) is 0 Å². The average molecular weight is 255 g/mol. The highest BCUT2D eigenvalue weighted by Crippen LogP contribution is 2.19. The predicted molar refractivity (Wildman–Crippen MR) is 77.9 cm³/mol. The first-order valence-electron chi connectivity index (χ1n) is 6.83. The van der Waals surface area contributed by atoms with Gasteiger partial charge in [0, 0.05) is 30.8 Å². The summed E-state index contributed by atoms with van der Waals surface area (Å²) in [6.45, 7) is 5.19. The van der Waals surface area contributed by atoms with E-state index in [9.17, 15) is 0 Å². The Morgan fingerprint density at radius 1 is 1.16 bits per heavy atom. The van der Waals surface area contributed by atoms with Gasteiger partial charge in [0.25, 0.3) is 0 Å². The van der Waals surface area contributed by atoms with Crippen molar-refractivity contribution >= 4 is 0 Å². The van der Waals surface area contributed by atoms with Crippen LogP contribution < -0.4 is 5.32 Å². The highest BCUT2D eigenvalue weighted by Gasteiger charge is 2.10. The van der Waals surface area contributed by atoms with Crippen LogP contribution in [0.5, 0.6) is 0 Å². The van der Waals surface area contributed by atoms with Gasteiger partial charge in [0.15, 0.2) is 0 Å². The van der Waals surface area contributed by atoms with Crippen LogP contribution in [0.4, 0.5) is 0 Å². The largest absolute Gasteiger partial charge is 0.310 e. The third-order valence-corrected chi connectivity index (χ3v) is 3.22. The van der Waals surface area contributed by atoms with Crippen molar-refractivity contribution in [3.05, 3.63) is 59.7 Å². The smallest absolute Gasteiger partial charge is 0.0338 e. The SMILES string of the molecule is CCNC(CCc1ccncc1)c1cncc(C)c1. The van der Waals surface area contributed by atoms with Gasteiger partial charge in [-0.15, -0.1) is 0 Å². The Morgan fingerprint density at radius 2 is 1.95 bits per heavy atom. The molecular formula is C16H21N3. The lowest BCUT2D eigenvalue weighted by molar-refractivity contribution is 0.513. The number of aromatic nitrogens is 2. The number of pyridine rings is 2. The molecule has 3 nitrogen and oxygen atoms in total. The molecule has 0 fully saturated rings. The lowest BCUT2D eigenvalue weighted by Crippen LogP contribution is -2.21. The van der Waals surface area contributed by atoms with Gasteiger partial charge in [0.1, 0.15) is 0 Å². The minimum atomic E-state index is 0.366. The molecule has 0 radical (unpaired) electrons. The molecule has 2 rings (SSSR count). The molecule has 100 valence electrons. The molecule has 0 bridgehead atoms. The van der Waals surface area contributed by atoms with E-state index in [0.717, 1.165) is 19.4 Å². The maximum absolute atomic E-state index is 4.29. The molecule has 0 aliphatic rings. The van der Waals surface area contributed by atoms with E-state index in [1.807, 2.05) is 24.8 Å². The van der Waals surface area contributed by atoms with Crippen molar-refractivity contribution in [1.82, 2.24) is 15.3 Å². The fourth-order valence-electron chi connectivity index (χ4n) is 2.26. The summed E-state index contributed by atoms with van der Waals surface area (Å²) in [6, 6.07) is 6.74. The van der Waals surface area contributed by atoms with E-state index in [0.29, 0.717) is 6.04 Å². The zero-order valence-corrected chi connectivity index (χ0v) is 11.6. The second-order valence-corrected chi connectivity index (χ2v) is 4.80. The highest BCUT2D eigenvalue weighted by molar-refractivity contribution is 5.21. The topological polar surface area (TPSA) is 37.8 Å². The fourth-order valence-corrected chi connectivity index (χ4v) is 2.26.